The Balaban J connectivity index is 1.66. The zero-order valence-electron chi connectivity index (χ0n) is 12.4. The molecule has 2 N–H and O–H groups in total. The molecule has 1 aromatic carbocycles. The summed E-state index contributed by atoms with van der Waals surface area (Å²) in [5, 5.41) is 13.2. The van der Waals surface area contributed by atoms with E-state index in [4.69, 9.17) is 9.47 Å². The molecule has 2 atom stereocenters. The molecule has 1 aliphatic heterocycles. The Hall–Kier alpha value is -1.10. The molecule has 0 saturated carbocycles. The fourth-order valence-corrected chi connectivity index (χ4v) is 2.34. The van der Waals surface area contributed by atoms with E-state index in [0.717, 1.165) is 25.1 Å². The Labute approximate surface area is 121 Å². The van der Waals surface area contributed by atoms with Gasteiger partial charge < -0.3 is 19.9 Å². The molecular formula is C16H25NO3. The molecule has 1 saturated heterocycles. The van der Waals surface area contributed by atoms with Crippen LogP contribution in [0.3, 0.4) is 0 Å². The molecule has 0 spiro atoms. The normalized spacial score (nSPS) is 20.1. The van der Waals surface area contributed by atoms with Gasteiger partial charge in [0, 0.05) is 18.8 Å². The SMILES string of the molecule is Cc1cccc(NCC(O)COCC2CCCO2)c1C. The van der Waals surface area contributed by atoms with Crippen LogP contribution in [0.4, 0.5) is 5.69 Å². The zero-order valence-corrected chi connectivity index (χ0v) is 12.4. The third-order valence-corrected chi connectivity index (χ3v) is 3.77. The molecule has 4 nitrogen and oxygen atoms in total. The van der Waals surface area contributed by atoms with Gasteiger partial charge in [-0.2, -0.15) is 0 Å². The molecule has 1 fully saturated rings. The second kappa shape index (κ2) is 7.62. The van der Waals surface area contributed by atoms with E-state index in [1.54, 1.807) is 0 Å². The van der Waals surface area contributed by atoms with Crippen molar-refractivity contribution in [3.8, 4) is 0 Å². The summed E-state index contributed by atoms with van der Waals surface area (Å²) in [6.07, 6.45) is 1.90. The van der Waals surface area contributed by atoms with Crippen LogP contribution in [-0.2, 0) is 9.47 Å². The van der Waals surface area contributed by atoms with Crippen LogP contribution in [0.15, 0.2) is 18.2 Å². The molecule has 1 aliphatic rings. The van der Waals surface area contributed by atoms with Crippen LogP contribution in [0.1, 0.15) is 24.0 Å². The molecule has 1 aromatic rings. The van der Waals surface area contributed by atoms with Gasteiger partial charge in [-0.25, -0.2) is 0 Å². The Kier molecular flexibility index (Phi) is 5.83. The molecule has 0 amide bonds. The summed E-state index contributed by atoms with van der Waals surface area (Å²) < 4.78 is 11.0. The molecule has 112 valence electrons. The number of nitrogens with one attached hydrogen (secondary N) is 1. The van der Waals surface area contributed by atoms with Crippen molar-refractivity contribution in [1.29, 1.82) is 0 Å². The Bertz CT molecular complexity index is 416. The topological polar surface area (TPSA) is 50.7 Å². The minimum Gasteiger partial charge on any atom is -0.389 e. The van der Waals surface area contributed by atoms with Crippen molar-refractivity contribution >= 4 is 5.69 Å². The predicted molar refractivity (Wildman–Crippen MR) is 80.2 cm³/mol. The third-order valence-electron chi connectivity index (χ3n) is 3.77. The first kappa shape index (κ1) is 15.3. The van der Waals surface area contributed by atoms with Gasteiger partial charge in [-0.05, 0) is 43.9 Å². The Morgan fingerprint density at radius 3 is 3.05 bits per heavy atom. The number of aliphatic hydroxyl groups is 1. The van der Waals surface area contributed by atoms with Crippen molar-refractivity contribution < 1.29 is 14.6 Å². The van der Waals surface area contributed by atoms with Gasteiger partial charge in [-0.3, -0.25) is 0 Å². The maximum absolute atomic E-state index is 9.92. The maximum atomic E-state index is 9.92. The lowest BCUT2D eigenvalue weighted by molar-refractivity contribution is -0.0137. The number of anilines is 1. The first-order chi connectivity index (χ1) is 9.66. The highest BCUT2D eigenvalue weighted by Crippen LogP contribution is 2.17. The van der Waals surface area contributed by atoms with Crippen molar-refractivity contribution in [3.05, 3.63) is 29.3 Å². The molecule has 0 aromatic heterocycles. The lowest BCUT2D eigenvalue weighted by atomic mass is 10.1. The smallest absolute Gasteiger partial charge is 0.0945 e. The lowest BCUT2D eigenvalue weighted by Crippen LogP contribution is -2.27. The molecular weight excluding hydrogens is 254 g/mol. The highest BCUT2D eigenvalue weighted by atomic mass is 16.5. The van der Waals surface area contributed by atoms with E-state index in [9.17, 15) is 5.11 Å². The molecule has 2 unspecified atom stereocenters. The van der Waals surface area contributed by atoms with E-state index >= 15 is 0 Å². The summed E-state index contributed by atoms with van der Waals surface area (Å²) in [6.45, 7) is 6.43. The van der Waals surface area contributed by atoms with Crippen LogP contribution in [0.2, 0.25) is 0 Å². The maximum Gasteiger partial charge on any atom is 0.0945 e. The molecule has 0 aliphatic carbocycles. The van der Waals surface area contributed by atoms with Crippen LogP contribution in [0.5, 0.6) is 0 Å². The van der Waals surface area contributed by atoms with Gasteiger partial charge in [0.2, 0.25) is 0 Å². The summed E-state index contributed by atoms with van der Waals surface area (Å²) in [5.74, 6) is 0. The second-order valence-electron chi connectivity index (χ2n) is 5.45. The molecule has 2 rings (SSSR count). The van der Waals surface area contributed by atoms with Crippen molar-refractivity contribution in [1.82, 2.24) is 0 Å². The van der Waals surface area contributed by atoms with Gasteiger partial charge >= 0.3 is 0 Å². The van der Waals surface area contributed by atoms with Crippen LogP contribution in [0, 0.1) is 13.8 Å². The molecule has 0 radical (unpaired) electrons. The van der Waals surface area contributed by atoms with Crippen molar-refractivity contribution in [3.63, 3.8) is 0 Å². The van der Waals surface area contributed by atoms with E-state index in [1.165, 1.54) is 11.1 Å². The average Bonchev–Trinajstić information content (AvgIpc) is 2.94. The number of aliphatic hydroxyl groups excluding tert-OH is 1. The van der Waals surface area contributed by atoms with E-state index in [1.807, 2.05) is 12.1 Å². The Morgan fingerprint density at radius 1 is 1.45 bits per heavy atom. The molecule has 4 heteroatoms. The largest absolute Gasteiger partial charge is 0.389 e. The van der Waals surface area contributed by atoms with E-state index < -0.39 is 6.10 Å². The number of aryl methyl sites for hydroxylation is 1. The fourth-order valence-electron chi connectivity index (χ4n) is 2.34. The summed E-state index contributed by atoms with van der Waals surface area (Å²) in [5.41, 5.74) is 3.54. The monoisotopic (exact) mass is 279 g/mol. The van der Waals surface area contributed by atoms with E-state index in [2.05, 4.69) is 25.2 Å². The van der Waals surface area contributed by atoms with Gasteiger partial charge in [0.15, 0.2) is 0 Å². The van der Waals surface area contributed by atoms with Gasteiger partial charge in [-0.15, -0.1) is 0 Å². The first-order valence-electron chi connectivity index (χ1n) is 7.34. The number of hydrogen-bond acceptors (Lipinski definition) is 4. The number of benzene rings is 1. The summed E-state index contributed by atoms with van der Waals surface area (Å²) in [4.78, 5) is 0. The van der Waals surface area contributed by atoms with Crippen LogP contribution in [0.25, 0.3) is 0 Å². The number of rotatable bonds is 7. The fraction of sp³-hybridized carbons (Fsp3) is 0.625. The Morgan fingerprint density at radius 2 is 2.30 bits per heavy atom. The molecule has 1 heterocycles. The average molecular weight is 279 g/mol. The van der Waals surface area contributed by atoms with E-state index in [-0.39, 0.29) is 6.10 Å². The minimum atomic E-state index is -0.503. The first-order valence-corrected chi connectivity index (χ1v) is 7.34. The van der Waals surface area contributed by atoms with E-state index in [0.29, 0.717) is 19.8 Å². The van der Waals surface area contributed by atoms with Crippen LogP contribution >= 0.6 is 0 Å². The van der Waals surface area contributed by atoms with Crippen molar-refractivity contribution in [2.24, 2.45) is 0 Å². The van der Waals surface area contributed by atoms with Gasteiger partial charge in [0.05, 0.1) is 25.4 Å². The van der Waals surface area contributed by atoms with Crippen LogP contribution in [-0.4, -0.2) is 43.7 Å². The van der Waals surface area contributed by atoms with Gasteiger partial charge in [-0.1, -0.05) is 12.1 Å². The predicted octanol–water partition coefficient (Wildman–Crippen LogP) is 2.27. The highest BCUT2D eigenvalue weighted by Gasteiger charge is 2.16. The lowest BCUT2D eigenvalue weighted by Gasteiger charge is -2.16. The van der Waals surface area contributed by atoms with Crippen molar-refractivity contribution in [2.75, 3.05) is 31.7 Å². The van der Waals surface area contributed by atoms with Gasteiger partial charge in [0.1, 0.15) is 0 Å². The summed E-state index contributed by atoms with van der Waals surface area (Å²) in [7, 11) is 0. The van der Waals surface area contributed by atoms with Crippen LogP contribution < -0.4 is 5.32 Å². The molecule has 20 heavy (non-hydrogen) atoms. The summed E-state index contributed by atoms with van der Waals surface area (Å²) in [6, 6.07) is 6.13. The quantitative estimate of drug-likeness (QED) is 0.804. The van der Waals surface area contributed by atoms with Gasteiger partial charge in [0.25, 0.3) is 0 Å². The molecule has 0 bridgehead atoms. The summed E-state index contributed by atoms with van der Waals surface area (Å²) >= 11 is 0. The second-order valence-corrected chi connectivity index (χ2v) is 5.45. The number of ether oxygens (including phenoxy) is 2. The zero-order chi connectivity index (χ0) is 14.4. The standard InChI is InChI=1S/C16H25NO3/c1-12-5-3-7-16(13(12)2)17-9-14(18)10-19-11-15-6-4-8-20-15/h3,5,7,14-15,17-18H,4,6,8-11H2,1-2H3. The number of hydrogen-bond donors (Lipinski definition) is 2. The minimum absolute atomic E-state index is 0.217. The van der Waals surface area contributed by atoms with Crippen molar-refractivity contribution in [2.45, 2.75) is 38.9 Å². The highest BCUT2D eigenvalue weighted by molar-refractivity contribution is 5.53. The third kappa shape index (κ3) is 4.47.